The fourth-order valence-electron chi connectivity index (χ4n) is 1.01. The van der Waals surface area contributed by atoms with Gasteiger partial charge >= 0.3 is 0 Å². The molecule has 13 heavy (non-hydrogen) atoms. The lowest BCUT2D eigenvalue weighted by Gasteiger charge is -2.05. The average Bonchev–Trinajstić information content (AvgIpc) is 2.16. The number of rotatable bonds is 4. The molecule has 0 spiro atoms. The zero-order valence-corrected chi connectivity index (χ0v) is 9.39. The van der Waals surface area contributed by atoms with Crippen LogP contribution in [0, 0.1) is 0 Å². The standard InChI is InChI=1S/C9H13BrN2O/c1-11-4-3-7-5-9(13-2)8(10)6-12-7/h5-6,11H,3-4H2,1-2H3. The van der Waals surface area contributed by atoms with Crippen LogP contribution in [0.15, 0.2) is 16.7 Å². The molecule has 0 unspecified atom stereocenters. The van der Waals surface area contributed by atoms with Crippen LogP contribution in [-0.2, 0) is 6.42 Å². The van der Waals surface area contributed by atoms with E-state index in [0.717, 1.165) is 28.9 Å². The second-order valence-corrected chi connectivity index (χ2v) is 3.52. The van der Waals surface area contributed by atoms with Crippen molar-refractivity contribution in [1.29, 1.82) is 0 Å². The third-order valence-corrected chi connectivity index (χ3v) is 2.32. The molecule has 72 valence electrons. The molecule has 1 rings (SSSR count). The first-order valence-corrected chi connectivity index (χ1v) is 4.90. The second-order valence-electron chi connectivity index (χ2n) is 2.66. The molecule has 1 N–H and O–H groups in total. The smallest absolute Gasteiger partial charge is 0.136 e. The first kappa shape index (κ1) is 10.5. The molecule has 1 heterocycles. The number of ether oxygens (including phenoxy) is 1. The molecule has 0 fully saturated rings. The van der Waals surface area contributed by atoms with Crippen molar-refractivity contribution in [3.8, 4) is 5.75 Å². The van der Waals surface area contributed by atoms with Crippen molar-refractivity contribution in [1.82, 2.24) is 10.3 Å². The highest BCUT2D eigenvalue weighted by Crippen LogP contribution is 2.23. The Bertz CT molecular complexity index is 278. The predicted octanol–water partition coefficient (Wildman–Crippen LogP) is 1.61. The Hall–Kier alpha value is -0.610. The molecule has 1 aromatic heterocycles. The van der Waals surface area contributed by atoms with Gasteiger partial charge in [-0.2, -0.15) is 0 Å². The minimum Gasteiger partial charge on any atom is -0.495 e. The minimum atomic E-state index is 0.834. The normalized spacial score (nSPS) is 10.1. The summed E-state index contributed by atoms with van der Waals surface area (Å²) >= 11 is 3.36. The van der Waals surface area contributed by atoms with Gasteiger partial charge in [0, 0.05) is 30.9 Å². The molecule has 0 bridgehead atoms. The summed E-state index contributed by atoms with van der Waals surface area (Å²) in [6.45, 7) is 0.928. The second kappa shape index (κ2) is 5.19. The Morgan fingerprint density at radius 1 is 1.62 bits per heavy atom. The lowest BCUT2D eigenvalue weighted by Crippen LogP contribution is -2.11. The first-order chi connectivity index (χ1) is 6.27. The lowest BCUT2D eigenvalue weighted by atomic mass is 10.2. The van der Waals surface area contributed by atoms with Gasteiger partial charge in [0.15, 0.2) is 0 Å². The Labute approximate surface area is 86.6 Å². The number of aromatic nitrogens is 1. The van der Waals surface area contributed by atoms with Crippen LogP contribution in [0.1, 0.15) is 5.69 Å². The Balaban J connectivity index is 2.74. The topological polar surface area (TPSA) is 34.1 Å². The van der Waals surface area contributed by atoms with Gasteiger partial charge in [0.2, 0.25) is 0 Å². The van der Waals surface area contributed by atoms with E-state index < -0.39 is 0 Å². The van der Waals surface area contributed by atoms with E-state index in [2.05, 4.69) is 26.2 Å². The van der Waals surface area contributed by atoms with Crippen LogP contribution < -0.4 is 10.1 Å². The van der Waals surface area contributed by atoms with E-state index in [0.29, 0.717) is 0 Å². The molecular weight excluding hydrogens is 232 g/mol. The molecule has 0 amide bonds. The molecule has 0 saturated carbocycles. The molecular formula is C9H13BrN2O. The number of halogens is 1. The maximum Gasteiger partial charge on any atom is 0.136 e. The van der Waals surface area contributed by atoms with Gasteiger partial charge in [0.25, 0.3) is 0 Å². The van der Waals surface area contributed by atoms with Gasteiger partial charge < -0.3 is 10.1 Å². The van der Waals surface area contributed by atoms with Crippen LogP contribution in [0.25, 0.3) is 0 Å². The van der Waals surface area contributed by atoms with E-state index in [1.54, 1.807) is 13.3 Å². The number of nitrogens with zero attached hydrogens (tertiary/aromatic N) is 1. The number of nitrogens with one attached hydrogen (secondary N) is 1. The maximum absolute atomic E-state index is 5.16. The SMILES string of the molecule is CNCCc1cc(OC)c(Br)cn1. The third-order valence-electron chi connectivity index (χ3n) is 1.73. The third kappa shape index (κ3) is 2.97. The van der Waals surface area contributed by atoms with Crippen molar-refractivity contribution in [2.24, 2.45) is 0 Å². The number of likely N-dealkylation sites (N-methyl/N-ethyl adjacent to an activating group) is 1. The van der Waals surface area contributed by atoms with Gasteiger partial charge in [-0.15, -0.1) is 0 Å². The monoisotopic (exact) mass is 244 g/mol. The predicted molar refractivity (Wildman–Crippen MR) is 56.1 cm³/mol. The number of hydrogen-bond acceptors (Lipinski definition) is 3. The van der Waals surface area contributed by atoms with Gasteiger partial charge in [-0.25, -0.2) is 0 Å². The van der Waals surface area contributed by atoms with E-state index in [9.17, 15) is 0 Å². The van der Waals surface area contributed by atoms with Crippen LogP contribution in [0.4, 0.5) is 0 Å². The summed E-state index contributed by atoms with van der Waals surface area (Å²) in [7, 11) is 3.58. The van der Waals surface area contributed by atoms with E-state index in [1.165, 1.54) is 0 Å². The molecule has 0 saturated heterocycles. The van der Waals surface area contributed by atoms with Crippen LogP contribution in [0.5, 0.6) is 5.75 Å². The summed E-state index contributed by atoms with van der Waals surface area (Å²) in [5.74, 6) is 0.834. The summed E-state index contributed by atoms with van der Waals surface area (Å²) in [4.78, 5) is 4.26. The fraction of sp³-hybridized carbons (Fsp3) is 0.444. The number of methoxy groups -OCH3 is 1. The Morgan fingerprint density at radius 3 is 3.00 bits per heavy atom. The zero-order chi connectivity index (χ0) is 9.68. The molecule has 0 aliphatic heterocycles. The van der Waals surface area contributed by atoms with Gasteiger partial charge in [-0.1, -0.05) is 0 Å². The highest BCUT2D eigenvalue weighted by Gasteiger charge is 2.01. The summed E-state index contributed by atoms with van der Waals surface area (Å²) in [6, 6.07) is 1.95. The van der Waals surface area contributed by atoms with Gasteiger partial charge in [-0.3, -0.25) is 4.98 Å². The van der Waals surface area contributed by atoms with E-state index >= 15 is 0 Å². The molecule has 0 atom stereocenters. The molecule has 0 aliphatic carbocycles. The fourth-order valence-corrected chi connectivity index (χ4v) is 1.39. The summed E-state index contributed by atoms with van der Waals surface area (Å²) in [6.07, 6.45) is 2.68. The maximum atomic E-state index is 5.16. The zero-order valence-electron chi connectivity index (χ0n) is 7.80. The highest BCUT2D eigenvalue weighted by molar-refractivity contribution is 9.10. The molecule has 0 radical (unpaired) electrons. The summed E-state index contributed by atoms with van der Waals surface area (Å²) in [5.41, 5.74) is 1.04. The quantitative estimate of drug-likeness (QED) is 0.875. The summed E-state index contributed by atoms with van der Waals surface area (Å²) < 4.78 is 6.05. The van der Waals surface area contributed by atoms with Crippen molar-refractivity contribution < 1.29 is 4.74 Å². The van der Waals surface area contributed by atoms with Crippen molar-refractivity contribution >= 4 is 15.9 Å². The van der Waals surface area contributed by atoms with Crippen LogP contribution >= 0.6 is 15.9 Å². The van der Waals surface area contributed by atoms with E-state index in [1.807, 2.05) is 13.1 Å². The van der Waals surface area contributed by atoms with Crippen molar-refractivity contribution in [2.45, 2.75) is 6.42 Å². The molecule has 4 heteroatoms. The number of pyridine rings is 1. The molecule has 1 aromatic rings. The van der Waals surface area contributed by atoms with E-state index in [4.69, 9.17) is 4.74 Å². The van der Waals surface area contributed by atoms with Gasteiger partial charge in [0.05, 0.1) is 11.6 Å². The van der Waals surface area contributed by atoms with Gasteiger partial charge in [-0.05, 0) is 23.0 Å². The molecule has 0 aliphatic rings. The Kier molecular flexibility index (Phi) is 4.18. The largest absolute Gasteiger partial charge is 0.495 e. The molecule has 0 aromatic carbocycles. The minimum absolute atomic E-state index is 0.834. The Morgan fingerprint density at radius 2 is 2.38 bits per heavy atom. The summed E-state index contributed by atoms with van der Waals surface area (Å²) in [5, 5.41) is 3.08. The van der Waals surface area contributed by atoms with E-state index in [-0.39, 0.29) is 0 Å². The first-order valence-electron chi connectivity index (χ1n) is 4.11. The van der Waals surface area contributed by atoms with Crippen LogP contribution in [-0.4, -0.2) is 25.7 Å². The van der Waals surface area contributed by atoms with Crippen LogP contribution in [0.3, 0.4) is 0 Å². The molecule has 3 nitrogen and oxygen atoms in total. The highest BCUT2D eigenvalue weighted by atomic mass is 79.9. The number of hydrogen-bond donors (Lipinski definition) is 1. The van der Waals surface area contributed by atoms with Crippen molar-refractivity contribution in [2.75, 3.05) is 20.7 Å². The average molecular weight is 245 g/mol. The van der Waals surface area contributed by atoms with Gasteiger partial charge in [0.1, 0.15) is 5.75 Å². The van der Waals surface area contributed by atoms with Crippen molar-refractivity contribution in [3.63, 3.8) is 0 Å². The van der Waals surface area contributed by atoms with Crippen molar-refractivity contribution in [3.05, 3.63) is 22.4 Å². The lowest BCUT2D eigenvalue weighted by molar-refractivity contribution is 0.410. The van der Waals surface area contributed by atoms with Crippen LogP contribution in [0.2, 0.25) is 0 Å².